The van der Waals surface area contributed by atoms with Crippen LogP contribution in [-0.4, -0.2) is 37.0 Å². The van der Waals surface area contributed by atoms with Gasteiger partial charge in [0.1, 0.15) is 0 Å². The summed E-state index contributed by atoms with van der Waals surface area (Å²) in [7, 11) is -3.47. The van der Waals surface area contributed by atoms with E-state index >= 15 is 0 Å². The third-order valence-corrected chi connectivity index (χ3v) is 5.30. The Hall–Kier alpha value is -0.910. The molecule has 1 aromatic carbocycles. The molecule has 1 N–H and O–H groups in total. The number of aliphatic hydroxyl groups excluding tert-OH is 1. The molecule has 0 unspecified atom stereocenters. The first-order valence-electron chi connectivity index (χ1n) is 6.17. The van der Waals surface area contributed by atoms with Gasteiger partial charge in [0.2, 0.25) is 10.0 Å². The van der Waals surface area contributed by atoms with Crippen LogP contribution in [0.4, 0.5) is 0 Å². The average molecular weight is 269 g/mol. The van der Waals surface area contributed by atoms with E-state index in [4.69, 9.17) is 5.11 Å². The van der Waals surface area contributed by atoms with E-state index < -0.39 is 10.0 Å². The monoisotopic (exact) mass is 269 g/mol. The summed E-state index contributed by atoms with van der Waals surface area (Å²) in [6.07, 6.45) is 1.79. The van der Waals surface area contributed by atoms with Crippen molar-refractivity contribution in [1.29, 1.82) is 0 Å². The molecule has 0 radical (unpaired) electrons. The molecule has 1 aromatic rings. The normalized spacial score (nSPS) is 16.2. The summed E-state index contributed by atoms with van der Waals surface area (Å²) in [6, 6.07) is 5.41. The second-order valence-corrected chi connectivity index (χ2v) is 6.70. The summed E-state index contributed by atoms with van der Waals surface area (Å²) in [6.45, 7) is 3.79. The summed E-state index contributed by atoms with van der Waals surface area (Å²) in [5, 5.41) is 9.03. The Morgan fingerprint density at radius 1 is 1.33 bits per heavy atom. The molecule has 0 heterocycles. The third kappa shape index (κ3) is 2.58. The number of rotatable bonds is 5. The van der Waals surface area contributed by atoms with E-state index in [0.717, 1.165) is 24.0 Å². The van der Waals surface area contributed by atoms with Gasteiger partial charge in [-0.05, 0) is 38.3 Å². The Bertz CT molecular complexity index is 535. The maximum absolute atomic E-state index is 12.6. The standard InChI is InChI=1S/C13H19NO3S/c1-10-3-6-13(11(2)9-10)18(16,17)14(7-8-15)12-4-5-12/h3,6,9,12,15H,4-5,7-8H2,1-2H3. The maximum atomic E-state index is 12.6. The highest BCUT2D eigenvalue weighted by Crippen LogP contribution is 2.32. The number of sulfonamides is 1. The van der Waals surface area contributed by atoms with Crippen LogP contribution in [0.15, 0.2) is 23.1 Å². The zero-order chi connectivity index (χ0) is 13.3. The molecule has 100 valence electrons. The fourth-order valence-corrected chi connectivity index (χ4v) is 4.06. The Morgan fingerprint density at radius 2 is 2.00 bits per heavy atom. The van der Waals surface area contributed by atoms with Crippen molar-refractivity contribution in [3.63, 3.8) is 0 Å². The van der Waals surface area contributed by atoms with Crippen molar-refractivity contribution in [2.75, 3.05) is 13.2 Å². The van der Waals surface area contributed by atoms with Crippen LogP contribution < -0.4 is 0 Å². The Morgan fingerprint density at radius 3 is 2.50 bits per heavy atom. The van der Waals surface area contributed by atoms with Crippen LogP contribution >= 0.6 is 0 Å². The van der Waals surface area contributed by atoms with Crippen molar-refractivity contribution in [2.24, 2.45) is 0 Å². The van der Waals surface area contributed by atoms with Gasteiger partial charge in [-0.3, -0.25) is 0 Å². The van der Waals surface area contributed by atoms with Crippen molar-refractivity contribution in [3.05, 3.63) is 29.3 Å². The van der Waals surface area contributed by atoms with Crippen LogP contribution in [0.5, 0.6) is 0 Å². The number of nitrogens with zero attached hydrogens (tertiary/aromatic N) is 1. The lowest BCUT2D eigenvalue weighted by atomic mass is 10.2. The van der Waals surface area contributed by atoms with Crippen molar-refractivity contribution >= 4 is 10.0 Å². The topological polar surface area (TPSA) is 57.6 Å². The van der Waals surface area contributed by atoms with Crippen LogP contribution in [-0.2, 0) is 10.0 Å². The zero-order valence-electron chi connectivity index (χ0n) is 10.8. The second kappa shape index (κ2) is 4.99. The van der Waals surface area contributed by atoms with Gasteiger partial charge in [0.05, 0.1) is 11.5 Å². The molecule has 1 aliphatic carbocycles. The maximum Gasteiger partial charge on any atom is 0.243 e. The third-order valence-electron chi connectivity index (χ3n) is 3.19. The first-order chi connectivity index (χ1) is 8.46. The van der Waals surface area contributed by atoms with Gasteiger partial charge in [-0.2, -0.15) is 4.31 Å². The van der Waals surface area contributed by atoms with E-state index in [2.05, 4.69) is 0 Å². The highest BCUT2D eigenvalue weighted by molar-refractivity contribution is 7.89. The molecule has 2 rings (SSSR count). The second-order valence-electron chi connectivity index (χ2n) is 4.84. The van der Waals surface area contributed by atoms with Gasteiger partial charge in [0.15, 0.2) is 0 Å². The van der Waals surface area contributed by atoms with Gasteiger partial charge in [-0.25, -0.2) is 8.42 Å². The lowest BCUT2D eigenvalue weighted by Gasteiger charge is -2.22. The smallest absolute Gasteiger partial charge is 0.243 e. The van der Waals surface area contributed by atoms with Gasteiger partial charge in [-0.1, -0.05) is 17.7 Å². The fourth-order valence-electron chi connectivity index (χ4n) is 2.18. The first kappa shape index (κ1) is 13.5. The molecule has 18 heavy (non-hydrogen) atoms. The molecule has 0 spiro atoms. The van der Waals surface area contributed by atoms with E-state index in [1.807, 2.05) is 26.0 Å². The van der Waals surface area contributed by atoms with Gasteiger partial charge >= 0.3 is 0 Å². The predicted octanol–water partition coefficient (Wildman–Crippen LogP) is 1.45. The van der Waals surface area contributed by atoms with Crippen LogP contribution in [0.3, 0.4) is 0 Å². The van der Waals surface area contributed by atoms with Crippen molar-refractivity contribution < 1.29 is 13.5 Å². The molecule has 1 saturated carbocycles. The molecule has 0 amide bonds. The largest absolute Gasteiger partial charge is 0.395 e. The number of benzene rings is 1. The van der Waals surface area contributed by atoms with Crippen LogP contribution in [0.1, 0.15) is 24.0 Å². The molecule has 1 fully saturated rings. The molecular formula is C13H19NO3S. The van der Waals surface area contributed by atoms with Gasteiger partial charge < -0.3 is 5.11 Å². The first-order valence-corrected chi connectivity index (χ1v) is 7.61. The lowest BCUT2D eigenvalue weighted by Crippen LogP contribution is -2.35. The van der Waals surface area contributed by atoms with Crippen molar-refractivity contribution in [1.82, 2.24) is 4.31 Å². The minimum absolute atomic E-state index is 0.0721. The average Bonchev–Trinajstić information content (AvgIpc) is 3.08. The molecule has 4 nitrogen and oxygen atoms in total. The molecule has 0 bridgehead atoms. The molecule has 1 aliphatic rings. The lowest BCUT2D eigenvalue weighted by molar-refractivity contribution is 0.250. The van der Waals surface area contributed by atoms with E-state index in [1.54, 1.807) is 6.07 Å². The summed E-state index contributed by atoms with van der Waals surface area (Å²) < 4.78 is 26.5. The SMILES string of the molecule is Cc1ccc(S(=O)(=O)N(CCO)C2CC2)c(C)c1. The molecule has 0 saturated heterocycles. The fraction of sp³-hybridized carbons (Fsp3) is 0.538. The van der Waals surface area contributed by atoms with Gasteiger partial charge in [0, 0.05) is 12.6 Å². The van der Waals surface area contributed by atoms with Crippen LogP contribution in [0.2, 0.25) is 0 Å². The van der Waals surface area contributed by atoms with Crippen LogP contribution in [0.25, 0.3) is 0 Å². The number of hydrogen-bond acceptors (Lipinski definition) is 3. The summed E-state index contributed by atoms with van der Waals surface area (Å²) >= 11 is 0. The van der Waals surface area contributed by atoms with Crippen molar-refractivity contribution in [3.8, 4) is 0 Å². The number of hydrogen-bond donors (Lipinski definition) is 1. The van der Waals surface area contributed by atoms with E-state index in [1.165, 1.54) is 4.31 Å². The Balaban J connectivity index is 2.39. The molecule has 0 atom stereocenters. The van der Waals surface area contributed by atoms with E-state index in [-0.39, 0.29) is 19.2 Å². The molecule has 5 heteroatoms. The minimum Gasteiger partial charge on any atom is -0.395 e. The predicted molar refractivity (Wildman–Crippen MR) is 69.9 cm³/mol. The highest BCUT2D eigenvalue weighted by Gasteiger charge is 2.38. The molecule has 0 aromatic heterocycles. The number of aliphatic hydroxyl groups is 1. The van der Waals surface area contributed by atoms with Gasteiger partial charge in [-0.15, -0.1) is 0 Å². The zero-order valence-corrected chi connectivity index (χ0v) is 11.6. The quantitative estimate of drug-likeness (QED) is 0.880. The molecule has 0 aliphatic heterocycles. The Labute approximate surface area is 108 Å². The minimum atomic E-state index is -3.47. The van der Waals surface area contributed by atoms with Crippen LogP contribution in [0, 0.1) is 13.8 Å². The highest BCUT2D eigenvalue weighted by atomic mass is 32.2. The van der Waals surface area contributed by atoms with Gasteiger partial charge in [0.25, 0.3) is 0 Å². The van der Waals surface area contributed by atoms with E-state index in [9.17, 15) is 8.42 Å². The summed E-state index contributed by atoms with van der Waals surface area (Å²) in [5.74, 6) is 0. The summed E-state index contributed by atoms with van der Waals surface area (Å²) in [5.41, 5.74) is 1.81. The summed E-state index contributed by atoms with van der Waals surface area (Å²) in [4.78, 5) is 0.355. The molecular weight excluding hydrogens is 250 g/mol. The Kier molecular flexibility index (Phi) is 3.75. The number of aryl methyl sites for hydroxylation is 2. The van der Waals surface area contributed by atoms with Crippen molar-refractivity contribution in [2.45, 2.75) is 37.6 Å². The van der Waals surface area contributed by atoms with E-state index in [0.29, 0.717) is 4.90 Å².